The summed E-state index contributed by atoms with van der Waals surface area (Å²) >= 11 is 0. The summed E-state index contributed by atoms with van der Waals surface area (Å²) < 4.78 is 0. The first-order valence-corrected chi connectivity index (χ1v) is 11.1. The molecule has 2 saturated carbocycles. The molecule has 3 rings (SSSR count). The van der Waals surface area contributed by atoms with Gasteiger partial charge in [-0.1, -0.05) is 58.8 Å². The zero-order chi connectivity index (χ0) is 16.1. The van der Waals surface area contributed by atoms with Crippen molar-refractivity contribution in [2.45, 2.75) is 122 Å². The molecule has 3 fully saturated rings. The molecule has 1 atom stereocenters. The van der Waals surface area contributed by atoms with Gasteiger partial charge < -0.3 is 0 Å². The molecule has 0 bridgehead atoms. The van der Waals surface area contributed by atoms with E-state index in [1.807, 2.05) is 0 Å². The van der Waals surface area contributed by atoms with E-state index < -0.39 is 0 Å². The molecular weight excluding hydrogens is 278 g/mol. The van der Waals surface area contributed by atoms with E-state index in [1.165, 1.54) is 103 Å². The zero-order valence-electron chi connectivity index (χ0n) is 16.0. The third kappa shape index (κ3) is 3.51. The van der Waals surface area contributed by atoms with Crippen LogP contribution in [0.15, 0.2) is 0 Å². The maximum absolute atomic E-state index is 3.14. The molecule has 3 aliphatic rings. The molecule has 0 N–H and O–H groups in total. The van der Waals surface area contributed by atoms with Crippen molar-refractivity contribution >= 4 is 0 Å². The van der Waals surface area contributed by atoms with Gasteiger partial charge in [0, 0.05) is 11.6 Å². The quantitative estimate of drug-likeness (QED) is 0.513. The van der Waals surface area contributed by atoms with E-state index in [1.54, 1.807) is 0 Å². The fourth-order valence-electron chi connectivity index (χ4n) is 6.64. The predicted octanol–water partition coefficient (Wildman–Crippen LogP) is 6.56. The molecule has 1 aliphatic heterocycles. The van der Waals surface area contributed by atoms with Crippen molar-refractivity contribution in [1.29, 1.82) is 0 Å². The number of likely N-dealkylation sites (tertiary alicyclic amines) is 1. The highest BCUT2D eigenvalue weighted by molar-refractivity contribution is 5.06. The monoisotopic (exact) mass is 319 g/mol. The number of hydrogen-bond acceptors (Lipinski definition) is 1. The van der Waals surface area contributed by atoms with Crippen molar-refractivity contribution in [3.05, 3.63) is 0 Å². The normalized spacial score (nSPS) is 28.7. The van der Waals surface area contributed by atoms with Crippen molar-refractivity contribution in [3.63, 3.8) is 0 Å². The molecule has 1 saturated heterocycles. The number of unbranched alkanes of at least 4 members (excludes halogenated alkanes) is 1. The Hall–Kier alpha value is -0.0400. The molecule has 0 radical (unpaired) electrons. The minimum atomic E-state index is 0.587. The van der Waals surface area contributed by atoms with Crippen LogP contribution in [-0.2, 0) is 0 Å². The number of rotatable bonds is 7. The lowest BCUT2D eigenvalue weighted by Gasteiger charge is -2.57. The van der Waals surface area contributed by atoms with Crippen LogP contribution in [0.1, 0.15) is 110 Å². The van der Waals surface area contributed by atoms with E-state index in [0.717, 1.165) is 17.9 Å². The Bertz CT molecular complexity index is 322. The highest BCUT2D eigenvalue weighted by Crippen LogP contribution is 2.52. The lowest BCUT2D eigenvalue weighted by Crippen LogP contribution is -2.62. The van der Waals surface area contributed by atoms with Gasteiger partial charge in [0.2, 0.25) is 0 Å². The molecule has 0 aromatic heterocycles. The van der Waals surface area contributed by atoms with Crippen LogP contribution in [0.4, 0.5) is 0 Å². The van der Waals surface area contributed by atoms with Gasteiger partial charge in [-0.05, 0) is 69.7 Å². The number of nitrogens with zero attached hydrogens (tertiary/aromatic N) is 1. The van der Waals surface area contributed by atoms with Gasteiger partial charge in [0.05, 0.1) is 0 Å². The Kier molecular flexibility index (Phi) is 6.46. The minimum absolute atomic E-state index is 0.587. The van der Waals surface area contributed by atoms with Crippen LogP contribution in [0.25, 0.3) is 0 Å². The Balaban J connectivity index is 1.93. The topological polar surface area (TPSA) is 3.24 Å². The minimum Gasteiger partial charge on any atom is -0.294 e. The highest BCUT2D eigenvalue weighted by Gasteiger charge is 2.51. The van der Waals surface area contributed by atoms with E-state index in [-0.39, 0.29) is 0 Å². The standard InChI is InChI=1S/C22H41N/c1-3-5-17-22(19-12-6-7-13-19,20-14-8-9-15-20)23-18-11-10-16-21(23)4-2/h19-21H,3-18H2,1-2H3. The highest BCUT2D eigenvalue weighted by atomic mass is 15.2. The van der Waals surface area contributed by atoms with E-state index in [2.05, 4.69) is 18.7 Å². The summed E-state index contributed by atoms with van der Waals surface area (Å²) in [6, 6.07) is 0.891. The molecule has 1 heterocycles. The Morgan fingerprint density at radius 3 is 1.87 bits per heavy atom. The first-order valence-electron chi connectivity index (χ1n) is 11.1. The average Bonchev–Trinajstić information content (AvgIpc) is 3.30. The fourth-order valence-corrected chi connectivity index (χ4v) is 6.64. The van der Waals surface area contributed by atoms with E-state index in [9.17, 15) is 0 Å². The van der Waals surface area contributed by atoms with Crippen LogP contribution in [0, 0.1) is 11.8 Å². The molecule has 134 valence electrons. The first-order chi connectivity index (χ1) is 11.3. The lowest BCUT2D eigenvalue weighted by molar-refractivity contribution is -0.0689. The summed E-state index contributed by atoms with van der Waals surface area (Å²) in [6.45, 7) is 6.27. The lowest BCUT2D eigenvalue weighted by atomic mass is 9.66. The summed E-state index contributed by atoms with van der Waals surface area (Å²) in [7, 11) is 0. The van der Waals surface area contributed by atoms with Crippen LogP contribution in [0.2, 0.25) is 0 Å². The molecule has 0 amide bonds. The third-order valence-electron chi connectivity index (χ3n) is 7.69. The second-order valence-corrected chi connectivity index (χ2v) is 8.81. The van der Waals surface area contributed by atoms with Crippen LogP contribution < -0.4 is 0 Å². The SMILES string of the molecule is CCCCC(C1CCCC1)(C1CCCC1)N1CCCCC1CC. The molecule has 0 aromatic carbocycles. The molecule has 1 unspecified atom stereocenters. The van der Waals surface area contributed by atoms with Crippen LogP contribution in [0.3, 0.4) is 0 Å². The average molecular weight is 320 g/mol. The van der Waals surface area contributed by atoms with Gasteiger partial charge in [-0.2, -0.15) is 0 Å². The molecule has 23 heavy (non-hydrogen) atoms. The summed E-state index contributed by atoms with van der Waals surface area (Å²) in [6.07, 6.45) is 22.3. The Morgan fingerprint density at radius 2 is 1.35 bits per heavy atom. The molecular formula is C22H41N. The van der Waals surface area contributed by atoms with Crippen molar-refractivity contribution in [2.24, 2.45) is 11.8 Å². The number of hydrogen-bond donors (Lipinski definition) is 0. The maximum atomic E-state index is 3.14. The van der Waals surface area contributed by atoms with Crippen molar-refractivity contribution in [3.8, 4) is 0 Å². The molecule has 0 spiro atoms. The molecule has 1 heteroatoms. The molecule has 2 aliphatic carbocycles. The van der Waals surface area contributed by atoms with Gasteiger partial charge in [-0.15, -0.1) is 0 Å². The van der Waals surface area contributed by atoms with Crippen LogP contribution in [0.5, 0.6) is 0 Å². The first kappa shape index (κ1) is 17.8. The smallest absolute Gasteiger partial charge is 0.0268 e. The van der Waals surface area contributed by atoms with Gasteiger partial charge in [-0.3, -0.25) is 4.90 Å². The number of piperidine rings is 1. The van der Waals surface area contributed by atoms with Crippen molar-refractivity contribution < 1.29 is 0 Å². The summed E-state index contributed by atoms with van der Waals surface area (Å²) in [4.78, 5) is 3.14. The molecule has 1 nitrogen and oxygen atoms in total. The van der Waals surface area contributed by atoms with Gasteiger partial charge >= 0.3 is 0 Å². The fraction of sp³-hybridized carbons (Fsp3) is 1.00. The van der Waals surface area contributed by atoms with E-state index >= 15 is 0 Å². The Morgan fingerprint density at radius 1 is 0.783 bits per heavy atom. The summed E-state index contributed by atoms with van der Waals surface area (Å²) in [5, 5.41) is 0. The van der Waals surface area contributed by atoms with Gasteiger partial charge in [0.15, 0.2) is 0 Å². The second-order valence-electron chi connectivity index (χ2n) is 8.81. The Labute approximate surface area is 145 Å². The van der Waals surface area contributed by atoms with Gasteiger partial charge in [0.1, 0.15) is 0 Å². The van der Waals surface area contributed by atoms with Crippen LogP contribution in [-0.4, -0.2) is 23.0 Å². The van der Waals surface area contributed by atoms with Crippen molar-refractivity contribution in [2.75, 3.05) is 6.54 Å². The van der Waals surface area contributed by atoms with E-state index in [4.69, 9.17) is 0 Å². The second kappa shape index (κ2) is 8.37. The van der Waals surface area contributed by atoms with Crippen molar-refractivity contribution in [1.82, 2.24) is 4.90 Å². The predicted molar refractivity (Wildman–Crippen MR) is 101 cm³/mol. The summed E-state index contributed by atoms with van der Waals surface area (Å²) in [5.41, 5.74) is 0.587. The third-order valence-corrected chi connectivity index (χ3v) is 7.69. The zero-order valence-corrected chi connectivity index (χ0v) is 16.0. The maximum Gasteiger partial charge on any atom is 0.0268 e. The van der Waals surface area contributed by atoms with Gasteiger partial charge in [0.25, 0.3) is 0 Å². The van der Waals surface area contributed by atoms with Crippen LogP contribution >= 0.6 is 0 Å². The van der Waals surface area contributed by atoms with Gasteiger partial charge in [-0.25, -0.2) is 0 Å². The van der Waals surface area contributed by atoms with E-state index in [0.29, 0.717) is 5.54 Å². The summed E-state index contributed by atoms with van der Waals surface area (Å²) in [5.74, 6) is 2.04. The molecule has 0 aromatic rings. The largest absolute Gasteiger partial charge is 0.294 e.